The van der Waals surface area contributed by atoms with Crippen molar-refractivity contribution < 1.29 is 27.6 Å². The smallest absolute Gasteiger partial charge is 0.339 e. The number of aromatic nitrogens is 2. The van der Waals surface area contributed by atoms with Crippen molar-refractivity contribution in [3.63, 3.8) is 0 Å². The SMILES string of the molecule is CC(=O)N1CCn2c(ccc2C(=O)N[C@H](C(=O)Nc2ccc(-c3c(C(F)(F)F)ccnc3C)cc2)C2CCCCC2)C1. The molecule has 0 bridgehead atoms. The molecule has 1 saturated carbocycles. The van der Waals surface area contributed by atoms with Gasteiger partial charge in [-0.05, 0) is 61.6 Å². The van der Waals surface area contributed by atoms with Gasteiger partial charge < -0.3 is 20.1 Å². The molecule has 0 radical (unpaired) electrons. The number of hydrogen-bond acceptors (Lipinski definition) is 4. The number of carbonyl (C=O) groups excluding carboxylic acids is 3. The average Bonchev–Trinajstić information content (AvgIpc) is 3.40. The van der Waals surface area contributed by atoms with Gasteiger partial charge >= 0.3 is 6.18 Å². The lowest BCUT2D eigenvalue weighted by Gasteiger charge is -2.31. The number of pyridine rings is 1. The number of nitrogens with one attached hydrogen (secondary N) is 2. The van der Waals surface area contributed by atoms with Gasteiger partial charge in [0.2, 0.25) is 11.8 Å². The molecule has 3 heterocycles. The first-order chi connectivity index (χ1) is 20.0. The summed E-state index contributed by atoms with van der Waals surface area (Å²) in [6.07, 6.45) is 1.22. The van der Waals surface area contributed by atoms with Gasteiger partial charge in [0.15, 0.2) is 0 Å². The van der Waals surface area contributed by atoms with Gasteiger partial charge in [-0.15, -0.1) is 0 Å². The molecule has 2 aliphatic rings. The zero-order valence-electron chi connectivity index (χ0n) is 23.6. The van der Waals surface area contributed by atoms with Crippen LogP contribution in [0.1, 0.15) is 66.5 Å². The van der Waals surface area contributed by atoms with Crippen molar-refractivity contribution >= 4 is 23.4 Å². The van der Waals surface area contributed by atoms with E-state index < -0.39 is 17.8 Å². The Balaban J connectivity index is 1.34. The van der Waals surface area contributed by atoms with Crippen molar-refractivity contribution in [1.29, 1.82) is 0 Å². The molecule has 1 aromatic carbocycles. The first-order valence-corrected chi connectivity index (χ1v) is 14.2. The minimum absolute atomic E-state index is 0.00262. The van der Waals surface area contributed by atoms with Crippen molar-refractivity contribution in [1.82, 2.24) is 19.8 Å². The zero-order chi connectivity index (χ0) is 30.0. The normalized spacial score (nSPS) is 16.5. The molecule has 3 aromatic rings. The Labute approximate surface area is 242 Å². The van der Waals surface area contributed by atoms with Gasteiger partial charge in [-0.3, -0.25) is 19.4 Å². The van der Waals surface area contributed by atoms with Gasteiger partial charge in [0, 0.05) is 48.8 Å². The highest BCUT2D eigenvalue weighted by Crippen LogP contribution is 2.38. The number of fused-ring (bicyclic) bond motifs is 1. The summed E-state index contributed by atoms with van der Waals surface area (Å²) in [5.74, 6) is -0.791. The fourth-order valence-corrected chi connectivity index (χ4v) is 6.06. The van der Waals surface area contributed by atoms with E-state index in [0.717, 1.165) is 50.1 Å². The Kier molecular flexibility index (Phi) is 8.38. The van der Waals surface area contributed by atoms with Gasteiger partial charge in [0.1, 0.15) is 11.7 Å². The van der Waals surface area contributed by atoms with E-state index in [1.807, 2.05) is 10.6 Å². The number of hydrogen-bond donors (Lipinski definition) is 2. The molecule has 1 atom stereocenters. The maximum absolute atomic E-state index is 13.6. The number of rotatable bonds is 6. The Morgan fingerprint density at radius 2 is 1.69 bits per heavy atom. The maximum Gasteiger partial charge on any atom is 0.417 e. The standard InChI is InChI=1S/C31H34F3N5O3/c1-19-27(25(14-15-35-19)31(32,33)34)21-8-10-23(11-9-21)36-30(42)28(22-6-4-3-5-7-22)37-29(41)26-13-12-24-18-38(20(2)40)16-17-39(24)26/h8-15,22,28H,3-7,16-18H2,1-2H3,(H,36,42)(H,37,41)/t28-/m0/s1. The number of anilines is 1. The van der Waals surface area contributed by atoms with Crippen molar-refractivity contribution in [2.45, 2.75) is 71.3 Å². The fourth-order valence-electron chi connectivity index (χ4n) is 6.06. The fraction of sp³-hybridized carbons (Fsp3) is 0.419. The van der Waals surface area contributed by atoms with Crippen LogP contribution in [0.3, 0.4) is 0 Å². The van der Waals surface area contributed by atoms with Crippen LogP contribution in [-0.2, 0) is 28.9 Å². The third-order valence-corrected chi connectivity index (χ3v) is 8.27. The van der Waals surface area contributed by atoms with Crippen molar-refractivity contribution in [2.75, 3.05) is 11.9 Å². The van der Waals surface area contributed by atoms with E-state index in [0.29, 0.717) is 36.6 Å². The molecule has 5 rings (SSSR count). The second kappa shape index (κ2) is 12.0. The van der Waals surface area contributed by atoms with E-state index in [4.69, 9.17) is 0 Å². The van der Waals surface area contributed by atoms with Gasteiger partial charge in [-0.25, -0.2) is 0 Å². The second-order valence-electron chi connectivity index (χ2n) is 11.0. The number of amides is 3. The minimum atomic E-state index is -4.53. The topological polar surface area (TPSA) is 96.3 Å². The largest absolute Gasteiger partial charge is 0.417 e. The zero-order valence-corrected chi connectivity index (χ0v) is 23.6. The van der Waals surface area contributed by atoms with Gasteiger partial charge in [-0.2, -0.15) is 13.2 Å². The molecule has 2 N–H and O–H groups in total. The molecule has 1 aliphatic heterocycles. The lowest BCUT2D eigenvalue weighted by molar-refractivity contribution is -0.137. The molecule has 3 amide bonds. The van der Waals surface area contributed by atoms with Crippen molar-refractivity contribution in [2.24, 2.45) is 5.92 Å². The van der Waals surface area contributed by atoms with E-state index in [9.17, 15) is 27.6 Å². The van der Waals surface area contributed by atoms with Gasteiger partial charge in [0.25, 0.3) is 5.91 Å². The molecular weight excluding hydrogens is 547 g/mol. The number of aryl methyl sites for hydroxylation is 1. The summed E-state index contributed by atoms with van der Waals surface area (Å²) in [6.45, 7) is 4.47. The molecule has 2 aromatic heterocycles. The lowest BCUT2D eigenvalue weighted by Crippen LogP contribution is -2.49. The highest BCUT2D eigenvalue weighted by atomic mass is 19.4. The van der Waals surface area contributed by atoms with E-state index >= 15 is 0 Å². The molecule has 0 saturated heterocycles. The summed E-state index contributed by atoms with van der Waals surface area (Å²) in [6, 6.07) is 9.90. The lowest BCUT2D eigenvalue weighted by atomic mass is 9.83. The summed E-state index contributed by atoms with van der Waals surface area (Å²) in [5.41, 5.74) is 1.54. The Morgan fingerprint density at radius 3 is 2.36 bits per heavy atom. The molecule has 222 valence electrons. The van der Waals surface area contributed by atoms with Crippen LogP contribution >= 0.6 is 0 Å². The molecule has 11 heteroatoms. The second-order valence-corrected chi connectivity index (χ2v) is 11.0. The maximum atomic E-state index is 13.6. The van der Waals surface area contributed by atoms with Crippen LogP contribution in [0, 0.1) is 12.8 Å². The van der Waals surface area contributed by atoms with Crippen LogP contribution in [0.15, 0.2) is 48.7 Å². The molecular formula is C31H34F3N5O3. The molecule has 42 heavy (non-hydrogen) atoms. The van der Waals surface area contributed by atoms with Crippen LogP contribution in [0.25, 0.3) is 11.1 Å². The summed E-state index contributed by atoms with van der Waals surface area (Å²) in [5, 5.41) is 5.84. The summed E-state index contributed by atoms with van der Waals surface area (Å²) < 4.78 is 42.8. The number of halogens is 3. The average molecular weight is 582 g/mol. The first kappa shape index (κ1) is 29.3. The van der Waals surface area contributed by atoms with Gasteiger partial charge in [0.05, 0.1) is 12.1 Å². The Hall–Kier alpha value is -4.15. The summed E-state index contributed by atoms with van der Waals surface area (Å²) >= 11 is 0. The Morgan fingerprint density at radius 1 is 0.976 bits per heavy atom. The number of nitrogens with zero attached hydrogens (tertiary/aromatic N) is 3. The summed E-state index contributed by atoms with van der Waals surface area (Å²) in [4.78, 5) is 44.6. The minimum Gasteiger partial charge on any atom is -0.339 e. The van der Waals surface area contributed by atoms with Crippen LogP contribution in [0.4, 0.5) is 18.9 Å². The molecule has 8 nitrogen and oxygen atoms in total. The van der Waals surface area contributed by atoms with Crippen molar-refractivity contribution in [3.8, 4) is 11.1 Å². The van der Waals surface area contributed by atoms with Crippen LogP contribution in [0.5, 0.6) is 0 Å². The summed E-state index contributed by atoms with van der Waals surface area (Å²) in [7, 11) is 0. The number of carbonyl (C=O) groups is 3. The van der Waals surface area contributed by atoms with Crippen LogP contribution in [-0.4, -0.2) is 44.8 Å². The number of alkyl halides is 3. The van der Waals surface area contributed by atoms with E-state index in [2.05, 4.69) is 15.6 Å². The predicted octanol–water partition coefficient (Wildman–Crippen LogP) is 5.56. The van der Waals surface area contributed by atoms with Crippen molar-refractivity contribution in [3.05, 3.63) is 71.3 Å². The third-order valence-electron chi connectivity index (χ3n) is 8.27. The van der Waals surface area contributed by atoms with Crippen LogP contribution < -0.4 is 10.6 Å². The van der Waals surface area contributed by atoms with E-state index in [-0.39, 0.29) is 34.9 Å². The van der Waals surface area contributed by atoms with E-state index in [1.165, 1.54) is 26.0 Å². The molecule has 0 unspecified atom stereocenters. The predicted molar refractivity (Wildman–Crippen MR) is 151 cm³/mol. The quantitative estimate of drug-likeness (QED) is 0.399. The van der Waals surface area contributed by atoms with Gasteiger partial charge in [-0.1, -0.05) is 31.4 Å². The van der Waals surface area contributed by atoms with E-state index in [1.54, 1.807) is 23.1 Å². The van der Waals surface area contributed by atoms with Crippen LogP contribution in [0.2, 0.25) is 0 Å². The third kappa shape index (κ3) is 6.19. The molecule has 1 aliphatic carbocycles. The number of benzene rings is 1. The Bertz CT molecular complexity index is 1480. The molecule has 0 spiro atoms. The molecule has 1 fully saturated rings. The highest BCUT2D eigenvalue weighted by molar-refractivity contribution is 6.01. The first-order valence-electron chi connectivity index (χ1n) is 14.2. The highest BCUT2D eigenvalue weighted by Gasteiger charge is 2.35. The monoisotopic (exact) mass is 581 g/mol.